The summed E-state index contributed by atoms with van der Waals surface area (Å²) in [7, 11) is 0. The van der Waals surface area contributed by atoms with Crippen molar-refractivity contribution in [1.29, 1.82) is 0 Å². The maximum absolute atomic E-state index is 12.3. The number of halogens is 2. The van der Waals surface area contributed by atoms with E-state index in [1.54, 1.807) is 23.0 Å². The van der Waals surface area contributed by atoms with Gasteiger partial charge < -0.3 is 5.32 Å². The first kappa shape index (κ1) is 15.7. The molecule has 0 aliphatic rings. The topological polar surface area (TPSA) is 59.8 Å². The smallest absolute Gasteiger partial charge is 0.256 e. The molecule has 116 valence electrons. The number of hydrogen-bond donors (Lipinski definition) is 1. The van der Waals surface area contributed by atoms with Gasteiger partial charge in [-0.25, -0.2) is 9.67 Å². The third kappa shape index (κ3) is 3.78. The van der Waals surface area contributed by atoms with Crippen molar-refractivity contribution in [3.05, 3.63) is 75.6 Å². The summed E-state index contributed by atoms with van der Waals surface area (Å²) in [4.78, 5) is 16.2. The molecule has 3 rings (SSSR count). The summed E-state index contributed by atoms with van der Waals surface area (Å²) in [6, 6.07) is 12.8. The third-order valence-electron chi connectivity index (χ3n) is 3.22. The molecule has 0 saturated carbocycles. The largest absolute Gasteiger partial charge is 0.307 e. The molecule has 2 aromatic heterocycles. The van der Waals surface area contributed by atoms with Crippen molar-refractivity contribution in [3.8, 4) is 0 Å². The minimum Gasteiger partial charge on any atom is -0.307 e. The van der Waals surface area contributed by atoms with E-state index in [1.165, 1.54) is 12.3 Å². The number of hydrogen-bond acceptors (Lipinski definition) is 3. The standard InChI is InChI=1S/C16H12BrClN4O/c17-13-4-2-1-3-12(13)10-22-15(6-8-20-22)21-16(23)11-5-7-19-14(18)9-11/h1-9H,10H2,(H,21,23). The first-order valence-corrected chi connectivity index (χ1v) is 7.99. The van der Waals surface area contributed by atoms with Crippen molar-refractivity contribution in [2.24, 2.45) is 0 Å². The van der Waals surface area contributed by atoms with E-state index >= 15 is 0 Å². The number of nitrogens with zero attached hydrogens (tertiary/aromatic N) is 3. The molecule has 0 bridgehead atoms. The third-order valence-corrected chi connectivity index (χ3v) is 4.21. The van der Waals surface area contributed by atoms with Gasteiger partial charge in [-0.2, -0.15) is 5.10 Å². The van der Waals surface area contributed by atoms with E-state index in [-0.39, 0.29) is 11.1 Å². The van der Waals surface area contributed by atoms with Gasteiger partial charge in [0, 0.05) is 22.3 Å². The van der Waals surface area contributed by atoms with E-state index < -0.39 is 0 Å². The summed E-state index contributed by atoms with van der Waals surface area (Å²) in [5, 5.41) is 7.37. The summed E-state index contributed by atoms with van der Waals surface area (Å²) in [5.74, 6) is 0.349. The van der Waals surface area contributed by atoms with Crippen LogP contribution in [0.15, 0.2) is 59.3 Å². The number of nitrogens with one attached hydrogen (secondary N) is 1. The van der Waals surface area contributed by atoms with Gasteiger partial charge in [0.05, 0.1) is 12.7 Å². The fourth-order valence-corrected chi connectivity index (χ4v) is 2.67. The van der Waals surface area contributed by atoms with Crippen LogP contribution >= 0.6 is 27.5 Å². The molecule has 0 aliphatic carbocycles. The molecule has 5 nitrogen and oxygen atoms in total. The average Bonchev–Trinajstić information content (AvgIpc) is 2.96. The lowest BCUT2D eigenvalue weighted by atomic mass is 10.2. The molecule has 3 aromatic rings. The number of rotatable bonds is 4. The Balaban J connectivity index is 1.79. The van der Waals surface area contributed by atoms with E-state index in [0.717, 1.165) is 10.0 Å². The van der Waals surface area contributed by atoms with E-state index in [1.807, 2.05) is 24.3 Å². The lowest BCUT2D eigenvalue weighted by Gasteiger charge is -2.10. The molecule has 0 atom stereocenters. The van der Waals surface area contributed by atoms with Crippen LogP contribution in [-0.2, 0) is 6.54 Å². The second-order valence-corrected chi connectivity index (χ2v) is 6.03. The van der Waals surface area contributed by atoms with Gasteiger partial charge in [-0.1, -0.05) is 45.7 Å². The minimum absolute atomic E-state index is 0.261. The van der Waals surface area contributed by atoms with Crippen LogP contribution < -0.4 is 5.32 Å². The zero-order valence-corrected chi connectivity index (χ0v) is 14.3. The summed E-state index contributed by atoms with van der Waals surface area (Å²) in [5.41, 5.74) is 1.51. The Kier molecular flexibility index (Phi) is 4.73. The van der Waals surface area contributed by atoms with E-state index in [0.29, 0.717) is 17.9 Å². The minimum atomic E-state index is -0.261. The van der Waals surface area contributed by atoms with Crippen molar-refractivity contribution >= 4 is 39.3 Å². The zero-order chi connectivity index (χ0) is 16.2. The van der Waals surface area contributed by atoms with Gasteiger partial charge in [0.2, 0.25) is 0 Å². The van der Waals surface area contributed by atoms with Crippen LogP contribution in [-0.4, -0.2) is 20.7 Å². The molecule has 0 fully saturated rings. The van der Waals surface area contributed by atoms with Crippen molar-refractivity contribution in [2.45, 2.75) is 6.54 Å². The highest BCUT2D eigenvalue weighted by atomic mass is 79.9. The molecule has 0 aliphatic heterocycles. The molecule has 0 saturated heterocycles. The molecule has 1 N–H and O–H groups in total. The zero-order valence-electron chi connectivity index (χ0n) is 11.9. The number of aromatic nitrogens is 3. The van der Waals surface area contributed by atoms with Crippen molar-refractivity contribution in [3.63, 3.8) is 0 Å². The van der Waals surface area contributed by atoms with Crippen LogP contribution in [0.2, 0.25) is 5.15 Å². The number of anilines is 1. The summed E-state index contributed by atoms with van der Waals surface area (Å²) >= 11 is 9.33. The molecule has 1 amide bonds. The predicted octanol–water partition coefficient (Wildman–Crippen LogP) is 3.99. The van der Waals surface area contributed by atoms with E-state index in [4.69, 9.17) is 11.6 Å². The van der Waals surface area contributed by atoms with E-state index in [2.05, 4.69) is 31.3 Å². The van der Waals surface area contributed by atoms with Gasteiger partial charge in [0.15, 0.2) is 0 Å². The highest BCUT2D eigenvalue weighted by Crippen LogP contribution is 2.19. The lowest BCUT2D eigenvalue weighted by molar-refractivity contribution is 0.102. The van der Waals surface area contributed by atoms with Gasteiger partial charge in [-0.15, -0.1) is 0 Å². The predicted molar refractivity (Wildman–Crippen MR) is 92.7 cm³/mol. The average molecular weight is 392 g/mol. The van der Waals surface area contributed by atoms with Crippen molar-refractivity contribution < 1.29 is 4.79 Å². The molecule has 2 heterocycles. The fourth-order valence-electron chi connectivity index (χ4n) is 2.09. The van der Waals surface area contributed by atoms with Crippen LogP contribution in [0, 0.1) is 0 Å². The van der Waals surface area contributed by atoms with E-state index in [9.17, 15) is 4.79 Å². The molecule has 7 heteroatoms. The van der Waals surface area contributed by atoms with Gasteiger partial charge in [0.25, 0.3) is 5.91 Å². The molecular weight excluding hydrogens is 380 g/mol. The number of pyridine rings is 1. The number of amides is 1. The Morgan fingerprint density at radius 3 is 2.83 bits per heavy atom. The van der Waals surface area contributed by atoms with Crippen molar-refractivity contribution in [2.75, 3.05) is 5.32 Å². The maximum atomic E-state index is 12.3. The molecule has 0 radical (unpaired) electrons. The first-order valence-electron chi connectivity index (χ1n) is 6.81. The number of carbonyl (C=O) groups is 1. The Labute approximate surface area is 146 Å². The SMILES string of the molecule is O=C(Nc1ccnn1Cc1ccccc1Br)c1ccnc(Cl)c1. The fraction of sp³-hybridized carbons (Fsp3) is 0.0625. The van der Waals surface area contributed by atoms with Crippen LogP contribution in [0.5, 0.6) is 0 Å². The Morgan fingerprint density at radius 1 is 1.22 bits per heavy atom. The van der Waals surface area contributed by atoms with Gasteiger partial charge in [0.1, 0.15) is 11.0 Å². The Bertz CT molecular complexity index is 849. The van der Waals surface area contributed by atoms with Gasteiger partial charge in [-0.05, 0) is 23.8 Å². The van der Waals surface area contributed by atoms with Crippen LogP contribution in [0.25, 0.3) is 0 Å². The number of benzene rings is 1. The maximum Gasteiger partial charge on any atom is 0.256 e. The first-order chi connectivity index (χ1) is 11.1. The summed E-state index contributed by atoms with van der Waals surface area (Å²) in [6.45, 7) is 0.543. The normalized spacial score (nSPS) is 10.5. The molecule has 1 aromatic carbocycles. The van der Waals surface area contributed by atoms with Gasteiger partial charge >= 0.3 is 0 Å². The lowest BCUT2D eigenvalue weighted by Crippen LogP contribution is -2.16. The second-order valence-electron chi connectivity index (χ2n) is 4.79. The highest BCUT2D eigenvalue weighted by Gasteiger charge is 2.11. The van der Waals surface area contributed by atoms with Gasteiger partial charge in [-0.3, -0.25) is 4.79 Å². The monoisotopic (exact) mass is 390 g/mol. The molecule has 0 unspecified atom stereocenters. The van der Waals surface area contributed by atoms with Crippen LogP contribution in [0.3, 0.4) is 0 Å². The van der Waals surface area contributed by atoms with Crippen molar-refractivity contribution in [1.82, 2.24) is 14.8 Å². The second kappa shape index (κ2) is 6.93. The van der Waals surface area contributed by atoms with Crippen LogP contribution in [0.4, 0.5) is 5.82 Å². The molecule has 23 heavy (non-hydrogen) atoms. The highest BCUT2D eigenvalue weighted by molar-refractivity contribution is 9.10. The summed E-state index contributed by atoms with van der Waals surface area (Å²) < 4.78 is 2.72. The Hall–Kier alpha value is -2.18. The molecule has 0 spiro atoms. The Morgan fingerprint density at radius 2 is 2.04 bits per heavy atom. The number of carbonyl (C=O) groups excluding carboxylic acids is 1. The quantitative estimate of drug-likeness (QED) is 0.684. The summed E-state index contributed by atoms with van der Waals surface area (Å²) in [6.07, 6.45) is 3.14. The van der Waals surface area contributed by atoms with Crippen LogP contribution in [0.1, 0.15) is 15.9 Å². The molecular formula is C16H12BrClN4O.